The predicted octanol–water partition coefficient (Wildman–Crippen LogP) is 8.01. The third-order valence-corrected chi connectivity index (χ3v) is 12.9. The number of halogens is 7. The quantitative estimate of drug-likeness (QED) is 0.124. The van der Waals surface area contributed by atoms with Crippen LogP contribution in [0.15, 0.2) is 71.5 Å². The fourth-order valence-corrected chi connectivity index (χ4v) is 10.0. The average molecular weight is 937 g/mol. The first-order valence-corrected chi connectivity index (χ1v) is 22.6. The zero-order valence-electron chi connectivity index (χ0n) is 34.2. The number of sulfonamides is 1. The van der Waals surface area contributed by atoms with Crippen LogP contribution in [0, 0.1) is 17.6 Å². The van der Waals surface area contributed by atoms with Gasteiger partial charge in [-0.3, -0.25) is 28.2 Å². The minimum Gasteiger partial charge on any atom is -0.493 e. The molecule has 0 spiro atoms. The maximum absolute atomic E-state index is 15.6. The summed E-state index contributed by atoms with van der Waals surface area (Å²) in [6.45, 7) is -0.390. The molecular formula is C44H35ClF6N8O5S. The molecule has 336 valence electrons. The number of alkyl halides is 4. The Morgan fingerprint density at radius 1 is 1.02 bits per heavy atom. The van der Waals surface area contributed by atoms with E-state index in [0.29, 0.717) is 22.9 Å². The highest BCUT2D eigenvalue weighted by molar-refractivity contribution is 7.92. The molecule has 10 rings (SSSR count). The molecule has 3 aromatic heterocycles. The molecule has 2 N–H and O–H groups in total. The lowest BCUT2D eigenvalue weighted by atomic mass is 9.98. The number of amides is 1. The molecule has 1 fully saturated rings. The Morgan fingerprint density at radius 3 is 2.49 bits per heavy atom. The molecule has 4 heterocycles. The Balaban J connectivity index is 1.17. The number of nitrogens with zero attached hydrogens (tertiary/aromatic N) is 6. The van der Waals surface area contributed by atoms with Gasteiger partial charge in [0.25, 0.3) is 17.9 Å². The van der Waals surface area contributed by atoms with Gasteiger partial charge in [-0.2, -0.15) is 19.0 Å². The second-order valence-electron chi connectivity index (χ2n) is 16.5. The molecule has 65 heavy (non-hydrogen) atoms. The van der Waals surface area contributed by atoms with Crippen LogP contribution in [0.2, 0.25) is 5.02 Å². The summed E-state index contributed by atoms with van der Waals surface area (Å²) in [4.78, 5) is 34.3. The van der Waals surface area contributed by atoms with E-state index in [9.17, 15) is 30.8 Å². The number of aromatic nitrogens is 6. The molecule has 4 aromatic carbocycles. The van der Waals surface area contributed by atoms with E-state index in [1.165, 1.54) is 23.9 Å². The number of carbonyl (C=O) groups is 1. The van der Waals surface area contributed by atoms with Crippen molar-refractivity contribution in [2.75, 3.05) is 17.6 Å². The molecule has 13 nitrogen and oxygen atoms in total. The SMILES string of the molecule is Cn1nc(NS(C)(=O)=O)c2c(Cl)ccc(-n3c([C@H](Cc4cc(F)cc(F)c4)NC(=O)Cn4nc(C(F)F)c5c4C(F)(F)[C@@H]4C[C@H]54)nc4cc(-c5ccc6c(c5)CCCO6)ccc4c3=O)c21. The van der Waals surface area contributed by atoms with Gasteiger partial charge in [0.05, 0.1) is 51.4 Å². The van der Waals surface area contributed by atoms with Crippen LogP contribution >= 0.6 is 11.6 Å². The minimum atomic E-state index is -3.91. The van der Waals surface area contributed by atoms with E-state index < -0.39 is 87.7 Å². The zero-order chi connectivity index (χ0) is 45.9. The predicted molar refractivity (Wildman–Crippen MR) is 227 cm³/mol. The van der Waals surface area contributed by atoms with Gasteiger partial charge >= 0.3 is 0 Å². The smallest absolute Gasteiger partial charge is 0.293 e. The number of rotatable bonds is 11. The minimum absolute atomic E-state index is 0.00190. The van der Waals surface area contributed by atoms with Crippen molar-refractivity contribution in [1.82, 2.24) is 34.4 Å². The summed E-state index contributed by atoms with van der Waals surface area (Å²) < 4.78 is 125. The Hall–Kier alpha value is -6.41. The molecule has 3 atom stereocenters. The third kappa shape index (κ3) is 7.45. The monoisotopic (exact) mass is 936 g/mol. The highest BCUT2D eigenvalue weighted by atomic mass is 35.5. The molecule has 21 heteroatoms. The number of carbonyl (C=O) groups excluding carboxylic acids is 1. The van der Waals surface area contributed by atoms with Crippen molar-refractivity contribution in [3.05, 3.63) is 128 Å². The van der Waals surface area contributed by atoms with Crippen LogP contribution < -0.4 is 20.3 Å². The lowest BCUT2D eigenvalue weighted by Crippen LogP contribution is -2.38. The third-order valence-electron chi connectivity index (χ3n) is 12.0. The fraction of sp³-hybridized carbons (Fsp3) is 0.295. The van der Waals surface area contributed by atoms with E-state index >= 15 is 13.6 Å². The van der Waals surface area contributed by atoms with E-state index in [1.807, 2.05) is 18.2 Å². The van der Waals surface area contributed by atoms with Gasteiger partial charge in [-0.05, 0) is 96.0 Å². The van der Waals surface area contributed by atoms with Crippen LogP contribution in [0.3, 0.4) is 0 Å². The van der Waals surface area contributed by atoms with Crippen LogP contribution in [0.5, 0.6) is 5.75 Å². The van der Waals surface area contributed by atoms with Crippen LogP contribution in [-0.4, -0.2) is 56.3 Å². The number of anilines is 1. The molecule has 0 unspecified atom stereocenters. The summed E-state index contributed by atoms with van der Waals surface area (Å²) in [5.74, 6) is -8.22. The van der Waals surface area contributed by atoms with Crippen LogP contribution in [0.1, 0.15) is 65.1 Å². The van der Waals surface area contributed by atoms with E-state index in [0.717, 1.165) is 52.7 Å². The van der Waals surface area contributed by atoms with Crippen molar-refractivity contribution in [2.24, 2.45) is 13.0 Å². The Bertz CT molecular complexity index is 3320. The fourth-order valence-electron chi connectivity index (χ4n) is 9.30. The molecule has 0 saturated heterocycles. The highest BCUT2D eigenvalue weighted by Crippen LogP contribution is 2.68. The lowest BCUT2D eigenvalue weighted by molar-refractivity contribution is -0.123. The van der Waals surface area contributed by atoms with Crippen molar-refractivity contribution >= 4 is 55.2 Å². The summed E-state index contributed by atoms with van der Waals surface area (Å²) in [5.41, 5.74) is 0.0262. The number of hydrogen-bond acceptors (Lipinski definition) is 8. The largest absolute Gasteiger partial charge is 0.493 e. The number of hydrogen-bond donors (Lipinski definition) is 2. The second-order valence-corrected chi connectivity index (χ2v) is 18.7. The average Bonchev–Trinajstić information content (AvgIpc) is 3.78. The lowest BCUT2D eigenvalue weighted by Gasteiger charge is -2.24. The summed E-state index contributed by atoms with van der Waals surface area (Å²) in [5, 5.41) is 11.0. The van der Waals surface area contributed by atoms with Crippen LogP contribution in [0.25, 0.3) is 38.6 Å². The molecule has 0 bridgehead atoms. The van der Waals surface area contributed by atoms with Gasteiger partial charge in [-0.15, -0.1) is 0 Å². The highest BCUT2D eigenvalue weighted by Gasteiger charge is 2.67. The van der Waals surface area contributed by atoms with E-state index in [4.69, 9.17) is 21.3 Å². The molecule has 0 radical (unpaired) electrons. The summed E-state index contributed by atoms with van der Waals surface area (Å²) in [6.07, 6.45) is -1.15. The summed E-state index contributed by atoms with van der Waals surface area (Å²) in [7, 11) is -2.45. The second kappa shape index (κ2) is 15.4. The maximum Gasteiger partial charge on any atom is 0.293 e. The van der Waals surface area contributed by atoms with Crippen molar-refractivity contribution in [2.45, 2.75) is 56.5 Å². The van der Waals surface area contributed by atoms with Gasteiger partial charge in [0.2, 0.25) is 15.9 Å². The first-order chi connectivity index (χ1) is 30.9. The Labute approximate surface area is 370 Å². The van der Waals surface area contributed by atoms with Crippen molar-refractivity contribution in [1.29, 1.82) is 0 Å². The molecular weight excluding hydrogens is 902 g/mol. The molecule has 1 amide bonds. The first kappa shape index (κ1) is 42.5. The van der Waals surface area contributed by atoms with E-state index in [-0.39, 0.29) is 61.7 Å². The van der Waals surface area contributed by atoms with Gasteiger partial charge in [0.1, 0.15) is 41.1 Å². The van der Waals surface area contributed by atoms with Crippen molar-refractivity contribution in [3.63, 3.8) is 0 Å². The summed E-state index contributed by atoms with van der Waals surface area (Å²) in [6, 6.07) is 14.5. The van der Waals surface area contributed by atoms with Crippen molar-refractivity contribution in [3.8, 4) is 22.6 Å². The van der Waals surface area contributed by atoms with Crippen molar-refractivity contribution < 1.29 is 44.3 Å². The van der Waals surface area contributed by atoms with Gasteiger partial charge in [-0.1, -0.05) is 23.7 Å². The number of aryl methyl sites for hydroxylation is 2. The maximum atomic E-state index is 15.6. The van der Waals surface area contributed by atoms with Crippen LogP contribution in [0.4, 0.5) is 32.2 Å². The zero-order valence-corrected chi connectivity index (χ0v) is 35.8. The molecule has 3 aliphatic rings. The number of benzene rings is 4. The van der Waals surface area contributed by atoms with E-state index in [1.54, 1.807) is 18.2 Å². The number of fused-ring (bicyclic) bond motifs is 6. The van der Waals surface area contributed by atoms with Gasteiger partial charge in [-0.25, -0.2) is 31.0 Å². The Morgan fingerprint density at radius 2 is 1.75 bits per heavy atom. The summed E-state index contributed by atoms with van der Waals surface area (Å²) >= 11 is 6.66. The molecule has 1 saturated carbocycles. The van der Waals surface area contributed by atoms with Gasteiger partial charge in [0.15, 0.2) is 5.82 Å². The number of nitrogens with one attached hydrogen (secondary N) is 2. The van der Waals surface area contributed by atoms with Gasteiger partial charge in [0, 0.05) is 31.0 Å². The molecule has 1 aliphatic heterocycles. The van der Waals surface area contributed by atoms with E-state index in [2.05, 4.69) is 20.2 Å². The topological polar surface area (TPSA) is 155 Å². The normalized spacial score (nSPS) is 17.8. The van der Waals surface area contributed by atoms with Crippen LogP contribution in [-0.2, 0) is 47.2 Å². The Kier molecular flexibility index (Phi) is 10.0. The van der Waals surface area contributed by atoms with Gasteiger partial charge < -0.3 is 10.1 Å². The molecule has 2 aliphatic carbocycles. The number of ether oxygens (including phenoxy) is 1. The first-order valence-electron chi connectivity index (χ1n) is 20.3. The molecule has 7 aromatic rings. The standard InChI is InChI=1S/C44H35ClF6N8O5S/c1-57-38-32(9-8-29(45)36(38)41(55-57)56-65(2,62)63)59-42(53-30-16-22(5-7-26(30)43(59)61)21-6-10-33-23(15-21)4-3-11-64-33)31(14-20-12-24(46)17-25(47)13-20)52-34(60)19-58-39-35(37(54-58)40(48)49)27-18-28(27)44(39,50)51/h5-10,12-13,15-17,27-28,31,40H,3-4,11,14,18-19H2,1-2H3,(H,52,60)(H,55,56)/t27-,28+,31-/m0/s1.